The molecule has 6 nitrogen and oxygen atoms in total. The van der Waals surface area contributed by atoms with Crippen LogP contribution in [0.5, 0.6) is 11.5 Å². The quantitative estimate of drug-likeness (QED) is 0.483. The Morgan fingerprint density at radius 3 is 2.47 bits per heavy atom. The Labute approximate surface area is 185 Å². The van der Waals surface area contributed by atoms with Crippen LogP contribution in [0.3, 0.4) is 0 Å². The largest absolute Gasteiger partial charge is 0.490 e. The van der Waals surface area contributed by atoms with E-state index in [1.165, 1.54) is 12.1 Å². The summed E-state index contributed by atoms with van der Waals surface area (Å²) in [5.41, 5.74) is 3.60. The van der Waals surface area contributed by atoms with Gasteiger partial charge in [0.2, 0.25) is 0 Å². The van der Waals surface area contributed by atoms with Crippen LogP contribution in [-0.2, 0) is 9.59 Å². The van der Waals surface area contributed by atoms with Crippen molar-refractivity contribution in [2.75, 3.05) is 18.2 Å². The van der Waals surface area contributed by atoms with Gasteiger partial charge >= 0.3 is 0 Å². The molecule has 2 aromatic rings. The van der Waals surface area contributed by atoms with E-state index in [9.17, 15) is 9.59 Å². The minimum absolute atomic E-state index is 0.000584. The lowest BCUT2D eigenvalue weighted by Gasteiger charge is -2.15. The Morgan fingerprint density at radius 1 is 1.03 bits per heavy atom. The second-order valence-corrected chi connectivity index (χ2v) is 7.90. The highest BCUT2D eigenvalue weighted by Crippen LogP contribution is 2.32. The molecule has 30 heavy (non-hydrogen) atoms. The smallest absolute Gasteiger partial charge is 0.282 e. The standard InChI is InChI=1S/C22H22Cl2N2O4/c1-4-29-20-10-14(5-8-19(20)30-12-13(2)3)9-16-21(27)25-26(22(16)28)15-6-7-17(23)18(24)11-15/h5-11,13H,4,12H2,1-3H3,(H,25,27)/b16-9+. The normalized spacial score (nSPS) is 15.1. The highest BCUT2D eigenvalue weighted by Gasteiger charge is 2.34. The molecule has 0 radical (unpaired) electrons. The van der Waals surface area contributed by atoms with Crippen molar-refractivity contribution in [1.82, 2.24) is 5.43 Å². The molecule has 2 amide bonds. The molecule has 1 aliphatic rings. The van der Waals surface area contributed by atoms with Gasteiger partial charge in [-0.1, -0.05) is 43.1 Å². The average Bonchev–Trinajstić information content (AvgIpc) is 2.98. The first kappa shape index (κ1) is 22.0. The van der Waals surface area contributed by atoms with E-state index < -0.39 is 11.8 Å². The van der Waals surface area contributed by atoms with Gasteiger partial charge in [0.1, 0.15) is 5.57 Å². The average molecular weight is 449 g/mol. The summed E-state index contributed by atoms with van der Waals surface area (Å²) in [6, 6.07) is 9.96. The number of benzene rings is 2. The summed E-state index contributed by atoms with van der Waals surface area (Å²) >= 11 is 12.0. The van der Waals surface area contributed by atoms with Crippen LogP contribution in [0.2, 0.25) is 10.0 Å². The Bertz CT molecular complexity index is 1000. The summed E-state index contributed by atoms with van der Waals surface area (Å²) in [4.78, 5) is 25.2. The molecule has 0 atom stereocenters. The molecule has 0 aromatic heterocycles. The monoisotopic (exact) mass is 448 g/mol. The predicted molar refractivity (Wildman–Crippen MR) is 118 cm³/mol. The molecule has 0 saturated carbocycles. The molecular formula is C22H22Cl2N2O4. The third-order valence-electron chi connectivity index (χ3n) is 4.20. The van der Waals surface area contributed by atoms with Crippen molar-refractivity contribution in [2.45, 2.75) is 20.8 Å². The van der Waals surface area contributed by atoms with E-state index in [1.807, 2.05) is 6.92 Å². The molecule has 0 aliphatic carbocycles. The van der Waals surface area contributed by atoms with Crippen LogP contribution in [0.25, 0.3) is 6.08 Å². The van der Waals surface area contributed by atoms with Gasteiger partial charge in [0, 0.05) is 0 Å². The predicted octanol–water partition coefficient (Wildman–Crippen LogP) is 4.89. The summed E-state index contributed by atoms with van der Waals surface area (Å²) in [5, 5.41) is 1.78. The molecule has 3 rings (SSSR count). The molecule has 1 saturated heterocycles. The third-order valence-corrected chi connectivity index (χ3v) is 4.94. The van der Waals surface area contributed by atoms with Gasteiger partial charge in [-0.3, -0.25) is 15.0 Å². The second kappa shape index (κ2) is 9.41. The number of halogens is 2. The number of nitrogens with one attached hydrogen (secondary N) is 1. The molecule has 1 heterocycles. The van der Waals surface area contributed by atoms with Crippen molar-refractivity contribution in [3.05, 3.63) is 57.6 Å². The van der Waals surface area contributed by atoms with Crippen molar-refractivity contribution in [2.24, 2.45) is 5.92 Å². The third kappa shape index (κ3) is 4.89. The Hall–Kier alpha value is -2.70. The molecule has 1 aliphatic heterocycles. The first-order valence-electron chi connectivity index (χ1n) is 9.52. The number of hydrazine groups is 1. The maximum atomic E-state index is 12.8. The molecule has 0 bridgehead atoms. The zero-order valence-electron chi connectivity index (χ0n) is 16.9. The fourth-order valence-corrected chi connectivity index (χ4v) is 3.08. The van der Waals surface area contributed by atoms with Gasteiger partial charge < -0.3 is 9.47 Å². The first-order chi connectivity index (χ1) is 14.3. The highest BCUT2D eigenvalue weighted by molar-refractivity contribution is 6.42. The number of nitrogens with zero attached hydrogens (tertiary/aromatic N) is 1. The molecule has 0 unspecified atom stereocenters. The van der Waals surface area contributed by atoms with Crippen molar-refractivity contribution in [1.29, 1.82) is 0 Å². The summed E-state index contributed by atoms with van der Waals surface area (Å²) in [6.07, 6.45) is 1.52. The van der Waals surface area contributed by atoms with Gasteiger partial charge in [-0.2, -0.15) is 0 Å². The van der Waals surface area contributed by atoms with Gasteiger partial charge in [0.25, 0.3) is 11.8 Å². The summed E-state index contributed by atoms with van der Waals surface area (Å²) in [5.74, 6) is 0.543. The second-order valence-electron chi connectivity index (χ2n) is 7.08. The molecule has 1 fully saturated rings. The van der Waals surface area contributed by atoms with Crippen LogP contribution < -0.4 is 19.9 Å². The van der Waals surface area contributed by atoms with Gasteiger partial charge in [-0.15, -0.1) is 0 Å². The van der Waals surface area contributed by atoms with Gasteiger partial charge in [0.15, 0.2) is 11.5 Å². The lowest BCUT2D eigenvalue weighted by atomic mass is 10.1. The molecule has 1 N–H and O–H groups in total. The van der Waals surface area contributed by atoms with Crippen molar-refractivity contribution < 1.29 is 19.1 Å². The van der Waals surface area contributed by atoms with E-state index in [4.69, 9.17) is 32.7 Å². The summed E-state index contributed by atoms with van der Waals surface area (Å²) in [6.45, 7) is 7.01. The Kier molecular flexibility index (Phi) is 6.90. The van der Waals surface area contributed by atoms with E-state index in [-0.39, 0.29) is 10.6 Å². The maximum absolute atomic E-state index is 12.8. The number of amides is 2. The zero-order valence-corrected chi connectivity index (χ0v) is 18.4. The number of carbonyl (C=O) groups is 2. The fourth-order valence-electron chi connectivity index (χ4n) is 2.79. The van der Waals surface area contributed by atoms with Crippen LogP contribution in [0.1, 0.15) is 26.3 Å². The zero-order chi connectivity index (χ0) is 21.8. The van der Waals surface area contributed by atoms with Crippen LogP contribution in [-0.4, -0.2) is 25.0 Å². The van der Waals surface area contributed by atoms with E-state index in [2.05, 4.69) is 19.3 Å². The van der Waals surface area contributed by atoms with E-state index in [1.54, 1.807) is 30.3 Å². The number of ether oxygens (including phenoxy) is 2. The molecule has 158 valence electrons. The molecule has 8 heteroatoms. The van der Waals surface area contributed by atoms with Crippen molar-refractivity contribution in [3.8, 4) is 11.5 Å². The van der Waals surface area contributed by atoms with E-state index in [0.717, 1.165) is 5.01 Å². The maximum Gasteiger partial charge on any atom is 0.282 e. The van der Waals surface area contributed by atoms with Gasteiger partial charge in [0.05, 0.1) is 28.9 Å². The summed E-state index contributed by atoms with van der Waals surface area (Å²) in [7, 11) is 0. The number of rotatable bonds is 7. The van der Waals surface area contributed by atoms with Crippen molar-refractivity contribution in [3.63, 3.8) is 0 Å². The first-order valence-corrected chi connectivity index (χ1v) is 10.3. The number of carbonyl (C=O) groups excluding carboxylic acids is 2. The van der Waals surface area contributed by atoms with Crippen LogP contribution >= 0.6 is 23.2 Å². The SMILES string of the molecule is CCOc1cc(/C=C2\C(=O)NN(c3ccc(Cl)c(Cl)c3)C2=O)ccc1OCC(C)C. The van der Waals surface area contributed by atoms with E-state index in [0.29, 0.717) is 46.9 Å². The Morgan fingerprint density at radius 2 is 1.80 bits per heavy atom. The highest BCUT2D eigenvalue weighted by atomic mass is 35.5. The Balaban J connectivity index is 1.88. The number of anilines is 1. The molecule has 2 aromatic carbocycles. The van der Waals surface area contributed by atoms with Gasteiger partial charge in [-0.05, 0) is 54.8 Å². The lowest BCUT2D eigenvalue weighted by molar-refractivity contribution is -0.117. The minimum atomic E-state index is -0.510. The topological polar surface area (TPSA) is 67.9 Å². The van der Waals surface area contributed by atoms with Crippen LogP contribution in [0.4, 0.5) is 5.69 Å². The van der Waals surface area contributed by atoms with Crippen LogP contribution in [0, 0.1) is 5.92 Å². The van der Waals surface area contributed by atoms with Gasteiger partial charge in [-0.25, -0.2) is 5.01 Å². The minimum Gasteiger partial charge on any atom is -0.490 e. The molecule has 0 spiro atoms. The van der Waals surface area contributed by atoms with Crippen LogP contribution in [0.15, 0.2) is 42.0 Å². The lowest BCUT2D eigenvalue weighted by Crippen LogP contribution is -2.35. The fraction of sp³-hybridized carbons (Fsp3) is 0.273. The number of hydrogen-bond donors (Lipinski definition) is 1. The van der Waals surface area contributed by atoms with E-state index >= 15 is 0 Å². The molecular weight excluding hydrogens is 427 g/mol. The number of hydrogen-bond acceptors (Lipinski definition) is 4. The summed E-state index contributed by atoms with van der Waals surface area (Å²) < 4.78 is 11.5. The van der Waals surface area contributed by atoms with Crippen molar-refractivity contribution >= 4 is 46.8 Å².